The third-order valence-electron chi connectivity index (χ3n) is 2.39. The molecule has 0 amide bonds. The normalized spacial score (nSPS) is 10.6. The van der Waals surface area contributed by atoms with Crippen molar-refractivity contribution in [3.63, 3.8) is 0 Å². The highest BCUT2D eigenvalue weighted by Crippen LogP contribution is 2.38. The highest BCUT2D eigenvalue weighted by Gasteiger charge is 2.11. The quantitative estimate of drug-likeness (QED) is 0.585. The van der Waals surface area contributed by atoms with Gasteiger partial charge in [0.1, 0.15) is 5.82 Å². The maximum Gasteiger partial charge on any atom is 0.124 e. The summed E-state index contributed by atoms with van der Waals surface area (Å²) in [4.78, 5) is 0. The van der Waals surface area contributed by atoms with E-state index in [9.17, 15) is 4.39 Å². The molecule has 0 saturated carbocycles. The molecule has 0 unspecified atom stereocenters. The van der Waals surface area contributed by atoms with Crippen molar-refractivity contribution < 1.29 is 4.39 Å². The number of rotatable bonds is 1. The van der Waals surface area contributed by atoms with Crippen molar-refractivity contribution in [3.05, 3.63) is 56.8 Å². The van der Waals surface area contributed by atoms with Crippen LogP contribution in [-0.4, -0.2) is 0 Å². The minimum absolute atomic E-state index is 0.285. The molecule has 0 atom stereocenters. The summed E-state index contributed by atoms with van der Waals surface area (Å²) in [6, 6.07) is 8.08. The first-order chi connectivity index (χ1) is 7.99. The van der Waals surface area contributed by atoms with Crippen LogP contribution in [0, 0.1) is 12.7 Å². The average Bonchev–Trinajstić information content (AvgIpc) is 2.24. The van der Waals surface area contributed by atoms with Crippen LogP contribution >= 0.6 is 34.8 Å². The predicted molar refractivity (Wildman–Crippen MR) is 71.6 cm³/mol. The summed E-state index contributed by atoms with van der Waals surface area (Å²) in [5, 5.41) is 1.01. The fourth-order valence-corrected chi connectivity index (χ4v) is 2.29. The molecule has 0 saturated heterocycles. The van der Waals surface area contributed by atoms with Gasteiger partial charge in [-0.25, -0.2) is 4.39 Å². The van der Waals surface area contributed by atoms with Gasteiger partial charge in [-0.1, -0.05) is 46.9 Å². The largest absolute Gasteiger partial charge is 0.207 e. The van der Waals surface area contributed by atoms with E-state index in [0.717, 1.165) is 5.56 Å². The average molecular weight is 290 g/mol. The monoisotopic (exact) mass is 288 g/mol. The number of halogens is 4. The third kappa shape index (κ3) is 2.57. The van der Waals surface area contributed by atoms with Gasteiger partial charge in [-0.05, 0) is 36.2 Å². The van der Waals surface area contributed by atoms with Gasteiger partial charge in [-0.3, -0.25) is 0 Å². The van der Waals surface area contributed by atoms with Gasteiger partial charge in [-0.2, -0.15) is 0 Å². The summed E-state index contributed by atoms with van der Waals surface area (Å²) in [5.74, 6) is -0.304. The molecule has 0 aliphatic carbocycles. The Balaban J connectivity index is 2.64. The Morgan fingerprint density at radius 1 is 0.941 bits per heavy atom. The number of hydrogen-bond donors (Lipinski definition) is 0. The smallest absolute Gasteiger partial charge is 0.124 e. The lowest BCUT2D eigenvalue weighted by atomic mass is 10.0. The zero-order valence-electron chi connectivity index (χ0n) is 8.90. The highest BCUT2D eigenvalue weighted by molar-refractivity contribution is 6.49. The number of aryl methyl sites for hydroxylation is 1. The second-order valence-electron chi connectivity index (χ2n) is 3.74. The molecule has 0 aliphatic heterocycles. The zero-order valence-corrected chi connectivity index (χ0v) is 11.2. The first-order valence-electron chi connectivity index (χ1n) is 4.90. The van der Waals surface area contributed by atoms with Crippen LogP contribution in [0.3, 0.4) is 0 Å². The highest BCUT2D eigenvalue weighted by atomic mass is 35.5. The topological polar surface area (TPSA) is 0 Å². The van der Waals surface area contributed by atoms with Gasteiger partial charge in [0.2, 0.25) is 0 Å². The number of hydrogen-bond acceptors (Lipinski definition) is 0. The van der Waals surface area contributed by atoms with Crippen LogP contribution in [0.15, 0.2) is 30.3 Å². The van der Waals surface area contributed by atoms with Crippen molar-refractivity contribution >= 4 is 34.8 Å². The Bertz CT molecular complexity index is 559. The maximum atomic E-state index is 13.3. The summed E-state index contributed by atoms with van der Waals surface area (Å²) in [5.41, 5.74) is 2.18. The minimum atomic E-state index is -0.304. The molecule has 2 rings (SSSR count). The molecule has 2 aromatic rings. The molecule has 0 N–H and O–H groups in total. The van der Waals surface area contributed by atoms with Gasteiger partial charge in [0, 0.05) is 5.56 Å². The fourth-order valence-electron chi connectivity index (χ4n) is 1.64. The Morgan fingerprint density at radius 3 is 2.29 bits per heavy atom. The summed E-state index contributed by atoms with van der Waals surface area (Å²) >= 11 is 17.9. The molecule has 2 aromatic carbocycles. The summed E-state index contributed by atoms with van der Waals surface area (Å²) in [6.07, 6.45) is 0. The summed E-state index contributed by atoms with van der Waals surface area (Å²) < 4.78 is 13.3. The van der Waals surface area contributed by atoms with Gasteiger partial charge < -0.3 is 0 Å². The fraction of sp³-hybridized carbons (Fsp3) is 0.0769. The Kier molecular flexibility index (Phi) is 3.62. The molecule has 0 aliphatic rings. The van der Waals surface area contributed by atoms with Gasteiger partial charge in [0.05, 0.1) is 15.1 Å². The molecule has 4 heteroatoms. The van der Waals surface area contributed by atoms with E-state index >= 15 is 0 Å². The van der Waals surface area contributed by atoms with Gasteiger partial charge >= 0.3 is 0 Å². The molecule has 0 radical (unpaired) electrons. The van der Waals surface area contributed by atoms with Crippen molar-refractivity contribution in [2.75, 3.05) is 0 Å². The molecule has 0 bridgehead atoms. The van der Waals surface area contributed by atoms with Crippen molar-refractivity contribution in [1.29, 1.82) is 0 Å². The lowest BCUT2D eigenvalue weighted by molar-refractivity contribution is 0.627. The van der Waals surface area contributed by atoms with Crippen LogP contribution in [0.4, 0.5) is 4.39 Å². The lowest BCUT2D eigenvalue weighted by Crippen LogP contribution is -1.85. The standard InChI is InChI=1S/C13H8Cl3F/c1-7-4-8(6-9(17)5-7)10-2-3-11(14)13(16)12(10)15/h2-6H,1H3. The Labute approximate surface area is 114 Å². The molecular formula is C13H8Cl3F. The van der Waals surface area contributed by atoms with E-state index in [0.29, 0.717) is 21.2 Å². The Morgan fingerprint density at radius 2 is 1.65 bits per heavy atom. The van der Waals surface area contributed by atoms with Crippen LogP contribution in [-0.2, 0) is 0 Å². The summed E-state index contributed by atoms with van der Waals surface area (Å²) in [6.45, 7) is 1.82. The third-order valence-corrected chi connectivity index (χ3v) is 3.68. The van der Waals surface area contributed by atoms with E-state index in [-0.39, 0.29) is 10.8 Å². The Hall–Kier alpha value is -0.760. The zero-order chi connectivity index (χ0) is 12.6. The summed E-state index contributed by atoms with van der Waals surface area (Å²) in [7, 11) is 0. The van der Waals surface area contributed by atoms with E-state index < -0.39 is 0 Å². The second kappa shape index (κ2) is 4.85. The second-order valence-corrected chi connectivity index (χ2v) is 4.90. The molecule has 0 aromatic heterocycles. The van der Waals surface area contributed by atoms with Gasteiger partial charge in [-0.15, -0.1) is 0 Å². The van der Waals surface area contributed by atoms with Crippen LogP contribution in [0.5, 0.6) is 0 Å². The molecule has 0 heterocycles. The lowest BCUT2D eigenvalue weighted by Gasteiger charge is -2.08. The van der Waals surface area contributed by atoms with E-state index in [4.69, 9.17) is 34.8 Å². The first kappa shape index (κ1) is 12.7. The van der Waals surface area contributed by atoms with E-state index in [2.05, 4.69) is 0 Å². The van der Waals surface area contributed by atoms with E-state index in [1.165, 1.54) is 12.1 Å². The minimum Gasteiger partial charge on any atom is -0.207 e. The first-order valence-corrected chi connectivity index (χ1v) is 6.03. The molecule has 0 fully saturated rings. The molecule has 0 nitrogen and oxygen atoms in total. The van der Waals surface area contributed by atoms with Crippen LogP contribution in [0.25, 0.3) is 11.1 Å². The van der Waals surface area contributed by atoms with E-state index in [1.54, 1.807) is 12.1 Å². The molecule has 17 heavy (non-hydrogen) atoms. The van der Waals surface area contributed by atoms with Crippen LogP contribution in [0.1, 0.15) is 5.56 Å². The number of benzene rings is 2. The van der Waals surface area contributed by atoms with Crippen molar-refractivity contribution in [3.8, 4) is 11.1 Å². The van der Waals surface area contributed by atoms with Gasteiger partial charge in [0.15, 0.2) is 0 Å². The molecule has 0 spiro atoms. The van der Waals surface area contributed by atoms with Crippen LogP contribution in [0.2, 0.25) is 15.1 Å². The van der Waals surface area contributed by atoms with Crippen molar-refractivity contribution in [1.82, 2.24) is 0 Å². The van der Waals surface area contributed by atoms with Crippen molar-refractivity contribution in [2.45, 2.75) is 6.92 Å². The van der Waals surface area contributed by atoms with Gasteiger partial charge in [0.25, 0.3) is 0 Å². The molecule has 88 valence electrons. The molecular weight excluding hydrogens is 282 g/mol. The van der Waals surface area contributed by atoms with E-state index in [1.807, 2.05) is 13.0 Å². The SMILES string of the molecule is Cc1cc(F)cc(-c2ccc(Cl)c(Cl)c2Cl)c1. The van der Waals surface area contributed by atoms with Crippen LogP contribution < -0.4 is 0 Å². The predicted octanol–water partition coefficient (Wildman–Crippen LogP) is 5.76. The maximum absolute atomic E-state index is 13.3. The van der Waals surface area contributed by atoms with Crippen molar-refractivity contribution in [2.24, 2.45) is 0 Å².